The van der Waals surface area contributed by atoms with E-state index in [1.54, 1.807) is 0 Å². The minimum atomic E-state index is -0.788. The van der Waals surface area contributed by atoms with Crippen LogP contribution in [0.25, 0.3) is 0 Å². The fourth-order valence-corrected chi connectivity index (χ4v) is 8.75. The highest BCUT2D eigenvalue weighted by molar-refractivity contribution is 5.71. The van der Waals surface area contributed by atoms with Crippen LogP contribution in [0.4, 0.5) is 0 Å². The van der Waals surface area contributed by atoms with Crippen LogP contribution in [0, 0.1) is 0 Å². The molecule has 0 aromatic rings. The molecule has 0 fully saturated rings. The first-order valence-corrected chi connectivity index (χ1v) is 31.9. The highest BCUT2D eigenvalue weighted by Gasteiger charge is 2.19. The van der Waals surface area contributed by atoms with Crippen LogP contribution in [0.3, 0.4) is 0 Å². The van der Waals surface area contributed by atoms with E-state index in [-0.39, 0.29) is 31.1 Å². The molecule has 0 aromatic carbocycles. The zero-order valence-electron chi connectivity index (χ0n) is 49.7. The molecule has 0 aliphatic carbocycles. The Bertz CT molecular complexity index is 1540. The number of hydrogen-bond donors (Lipinski definition) is 0. The van der Waals surface area contributed by atoms with E-state index in [9.17, 15) is 14.4 Å². The van der Waals surface area contributed by atoms with Crippen molar-refractivity contribution in [1.29, 1.82) is 0 Å². The average Bonchev–Trinajstić information content (AvgIpc) is 3.42. The van der Waals surface area contributed by atoms with Gasteiger partial charge in [0.25, 0.3) is 0 Å². The molecule has 0 aromatic heterocycles. The largest absolute Gasteiger partial charge is 0.462 e. The maximum atomic E-state index is 12.9. The van der Waals surface area contributed by atoms with E-state index in [1.807, 2.05) is 0 Å². The van der Waals surface area contributed by atoms with Crippen molar-refractivity contribution in [3.8, 4) is 0 Å². The number of ether oxygens (including phenoxy) is 3. The predicted molar refractivity (Wildman–Crippen MR) is 330 cm³/mol. The molecule has 6 heteroatoms. The lowest BCUT2D eigenvalue weighted by Gasteiger charge is -2.18. The number of esters is 3. The summed E-state index contributed by atoms with van der Waals surface area (Å²) < 4.78 is 16.9. The second-order valence-electron chi connectivity index (χ2n) is 20.9. The lowest BCUT2D eigenvalue weighted by atomic mass is 10.0. The van der Waals surface area contributed by atoms with Gasteiger partial charge in [-0.1, -0.05) is 278 Å². The SMILES string of the molecule is CC/C=C\C/C=C\C/C=C\C/C=C\C/C=C\C/C=C\C/C=C\C/C=C\CCCCCCCCC(=O)OCC(COC(=O)CCCCCCCCCCCCCC)OC(=O)CCCCCCC/C=C\CCCCCCCC. The van der Waals surface area contributed by atoms with E-state index in [4.69, 9.17) is 14.2 Å². The Labute approximate surface area is 470 Å². The first-order chi connectivity index (χ1) is 37.5. The zero-order chi connectivity index (χ0) is 55.0. The smallest absolute Gasteiger partial charge is 0.306 e. The monoisotopic (exact) mass is 1050 g/mol. The molecule has 0 amide bonds. The van der Waals surface area contributed by atoms with Crippen molar-refractivity contribution in [2.75, 3.05) is 13.2 Å². The van der Waals surface area contributed by atoms with Crippen molar-refractivity contribution < 1.29 is 28.6 Å². The summed E-state index contributed by atoms with van der Waals surface area (Å²) in [6.07, 6.45) is 86.6. The van der Waals surface area contributed by atoms with Crippen molar-refractivity contribution >= 4 is 17.9 Å². The Morgan fingerprint density at radius 2 is 0.513 bits per heavy atom. The molecule has 1 unspecified atom stereocenters. The molecule has 1 atom stereocenters. The summed E-state index contributed by atoms with van der Waals surface area (Å²) in [5.41, 5.74) is 0. The van der Waals surface area contributed by atoms with Gasteiger partial charge in [0.05, 0.1) is 0 Å². The number of hydrogen-bond acceptors (Lipinski definition) is 6. The van der Waals surface area contributed by atoms with E-state index in [2.05, 4.69) is 130 Å². The molecule has 0 rings (SSSR count). The van der Waals surface area contributed by atoms with Crippen LogP contribution in [-0.2, 0) is 28.6 Å². The molecule has 0 spiro atoms. The molecule has 434 valence electrons. The van der Waals surface area contributed by atoms with Crippen LogP contribution in [0.15, 0.2) is 109 Å². The van der Waals surface area contributed by atoms with Crippen LogP contribution >= 0.6 is 0 Å². The van der Waals surface area contributed by atoms with Gasteiger partial charge in [0.15, 0.2) is 6.10 Å². The van der Waals surface area contributed by atoms with E-state index in [0.29, 0.717) is 19.3 Å². The number of carbonyl (C=O) groups is 3. The van der Waals surface area contributed by atoms with E-state index < -0.39 is 6.10 Å². The van der Waals surface area contributed by atoms with Gasteiger partial charge in [-0.3, -0.25) is 14.4 Å². The van der Waals surface area contributed by atoms with Gasteiger partial charge in [-0.05, 0) is 109 Å². The minimum Gasteiger partial charge on any atom is -0.462 e. The third-order valence-corrected chi connectivity index (χ3v) is 13.5. The Hall–Kier alpha value is -3.93. The Balaban J connectivity index is 4.30. The number of rotatable bonds is 57. The second kappa shape index (κ2) is 63.6. The van der Waals surface area contributed by atoms with E-state index >= 15 is 0 Å². The lowest BCUT2D eigenvalue weighted by Crippen LogP contribution is -2.30. The molecule has 0 radical (unpaired) electrons. The van der Waals surface area contributed by atoms with E-state index in [1.165, 1.54) is 122 Å². The Kier molecular flexibility index (Phi) is 60.3. The molecule has 0 bridgehead atoms. The number of allylic oxidation sites excluding steroid dienone is 18. The zero-order valence-corrected chi connectivity index (χ0v) is 49.7. The standard InChI is InChI=1S/C70H118O6/c1-4-7-10-13-16-19-22-25-27-28-29-30-31-32-33-34-35-36-37-38-39-40-41-42-44-45-48-51-54-57-60-63-69(72)75-66-67(65-74-68(71)62-59-56-53-50-47-24-21-18-15-12-9-6-3)76-70(73)64-61-58-55-52-49-46-43-26-23-20-17-14-11-8-5-2/h7,10,16,19,25-27,29-30,32-33,35-36,38-39,41-43,67H,4-6,8-9,11-15,17-18,20-24,28,31,34,37,40,44-66H2,1-3H3/b10-7-,19-16-,27-25-,30-29-,33-32-,36-35-,39-38-,42-41-,43-26-. The van der Waals surface area contributed by atoms with Crippen molar-refractivity contribution in [3.05, 3.63) is 109 Å². The molecule has 0 heterocycles. The summed E-state index contributed by atoms with van der Waals surface area (Å²) in [4.78, 5) is 38.2. The van der Waals surface area contributed by atoms with Gasteiger partial charge in [-0.15, -0.1) is 0 Å². The van der Waals surface area contributed by atoms with Crippen molar-refractivity contribution in [1.82, 2.24) is 0 Å². The highest BCUT2D eigenvalue weighted by atomic mass is 16.6. The van der Waals surface area contributed by atoms with Crippen LogP contribution in [-0.4, -0.2) is 37.2 Å². The average molecular weight is 1060 g/mol. The topological polar surface area (TPSA) is 78.9 Å². The summed E-state index contributed by atoms with van der Waals surface area (Å²) in [6.45, 7) is 6.51. The summed E-state index contributed by atoms with van der Waals surface area (Å²) >= 11 is 0. The number of carbonyl (C=O) groups excluding carboxylic acids is 3. The minimum absolute atomic E-state index is 0.0839. The second-order valence-corrected chi connectivity index (χ2v) is 20.9. The molecule has 0 saturated carbocycles. The number of unbranched alkanes of at least 4 members (excludes halogenated alkanes) is 28. The maximum absolute atomic E-state index is 12.9. The molecule has 0 aliphatic heterocycles. The summed E-state index contributed by atoms with van der Waals surface area (Å²) in [5.74, 6) is -0.901. The fraction of sp³-hybridized carbons (Fsp3) is 0.700. The fourth-order valence-electron chi connectivity index (χ4n) is 8.75. The highest BCUT2D eigenvalue weighted by Crippen LogP contribution is 2.15. The van der Waals surface area contributed by atoms with Gasteiger partial charge in [-0.2, -0.15) is 0 Å². The third kappa shape index (κ3) is 60.9. The van der Waals surface area contributed by atoms with Crippen molar-refractivity contribution in [2.45, 2.75) is 303 Å². The molecule has 6 nitrogen and oxygen atoms in total. The third-order valence-electron chi connectivity index (χ3n) is 13.5. The van der Waals surface area contributed by atoms with Crippen LogP contribution in [0.1, 0.15) is 297 Å². The van der Waals surface area contributed by atoms with Gasteiger partial charge < -0.3 is 14.2 Å². The molecule has 0 saturated heterocycles. The quantitative estimate of drug-likeness (QED) is 0.0261. The molecular weight excluding hydrogens is 937 g/mol. The van der Waals surface area contributed by atoms with Gasteiger partial charge in [0.1, 0.15) is 13.2 Å². The first-order valence-electron chi connectivity index (χ1n) is 31.9. The van der Waals surface area contributed by atoms with Crippen LogP contribution < -0.4 is 0 Å². The Morgan fingerprint density at radius 3 is 0.816 bits per heavy atom. The summed E-state index contributed by atoms with van der Waals surface area (Å²) in [6, 6.07) is 0. The van der Waals surface area contributed by atoms with Gasteiger partial charge >= 0.3 is 17.9 Å². The Morgan fingerprint density at radius 1 is 0.276 bits per heavy atom. The van der Waals surface area contributed by atoms with E-state index in [0.717, 1.165) is 135 Å². The van der Waals surface area contributed by atoms with Crippen LogP contribution in [0.2, 0.25) is 0 Å². The van der Waals surface area contributed by atoms with Gasteiger partial charge in [-0.25, -0.2) is 0 Å². The van der Waals surface area contributed by atoms with Gasteiger partial charge in [0, 0.05) is 19.3 Å². The lowest BCUT2D eigenvalue weighted by molar-refractivity contribution is -0.167. The van der Waals surface area contributed by atoms with Gasteiger partial charge in [0.2, 0.25) is 0 Å². The molecular formula is C70H118O6. The molecule has 0 N–H and O–H groups in total. The van der Waals surface area contributed by atoms with Crippen LogP contribution in [0.5, 0.6) is 0 Å². The predicted octanol–water partition coefficient (Wildman–Crippen LogP) is 21.8. The van der Waals surface area contributed by atoms with Crippen molar-refractivity contribution in [2.24, 2.45) is 0 Å². The molecule has 76 heavy (non-hydrogen) atoms. The molecule has 0 aliphatic rings. The first kappa shape index (κ1) is 72.1. The normalized spacial score (nSPS) is 12.8. The van der Waals surface area contributed by atoms with Crippen molar-refractivity contribution in [3.63, 3.8) is 0 Å². The summed E-state index contributed by atoms with van der Waals surface area (Å²) in [7, 11) is 0. The summed E-state index contributed by atoms with van der Waals surface area (Å²) in [5, 5.41) is 0. The maximum Gasteiger partial charge on any atom is 0.306 e.